The second kappa shape index (κ2) is 12.6. The first-order valence-corrected chi connectivity index (χ1v) is 14.1. The van der Waals surface area contributed by atoms with Crippen molar-refractivity contribution in [2.45, 2.75) is 65.0 Å². The molecule has 3 N–H and O–H groups in total. The third-order valence-corrected chi connectivity index (χ3v) is 7.93. The number of nitrogens with two attached hydrogens (primary N) is 1. The lowest BCUT2D eigenvalue weighted by molar-refractivity contribution is 0.0682. The number of amides is 1. The van der Waals surface area contributed by atoms with Crippen molar-refractivity contribution in [3.8, 4) is 0 Å². The van der Waals surface area contributed by atoms with E-state index >= 15 is 0 Å². The number of hydrogen-bond donors (Lipinski definition) is 2. The van der Waals surface area contributed by atoms with E-state index in [1.807, 2.05) is 51.0 Å². The van der Waals surface area contributed by atoms with Crippen LogP contribution >= 0.6 is 0 Å². The molecule has 3 aliphatic rings. The fraction of sp³-hybridized carbons (Fsp3) is 0.567. The number of allylic oxidation sites excluding steroid dienone is 2. The second-order valence-electron chi connectivity index (χ2n) is 10.8. The molecule has 4 rings (SSSR count). The summed E-state index contributed by atoms with van der Waals surface area (Å²) in [6.07, 6.45) is 9.48. The van der Waals surface area contributed by atoms with Gasteiger partial charge in [0, 0.05) is 69.9 Å². The van der Waals surface area contributed by atoms with Crippen LogP contribution < -0.4 is 11.1 Å². The van der Waals surface area contributed by atoms with Gasteiger partial charge >= 0.3 is 0 Å². The average molecular weight is 520 g/mol. The maximum atomic E-state index is 13.8. The predicted molar refractivity (Wildman–Crippen MR) is 158 cm³/mol. The molecular formula is C30H45N7O. The number of hydrogen-bond acceptors (Lipinski definition) is 6. The minimum Gasteiger partial charge on any atom is -0.387 e. The van der Waals surface area contributed by atoms with Crippen LogP contribution in [0.4, 0.5) is 5.69 Å². The van der Waals surface area contributed by atoms with Gasteiger partial charge in [0.05, 0.1) is 17.3 Å². The molecule has 8 heteroatoms. The molecule has 2 atom stereocenters. The summed E-state index contributed by atoms with van der Waals surface area (Å²) in [5.41, 5.74) is 11.8. The smallest absolute Gasteiger partial charge is 0.256 e. The molecule has 1 amide bonds. The van der Waals surface area contributed by atoms with Crippen LogP contribution in [0.15, 0.2) is 51.7 Å². The molecule has 206 valence electrons. The van der Waals surface area contributed by atoms with E-state index in [-0.39, 0.29) is 18.0 Å². The fourth-order valence-corrected chi connectivity index (χ4v) is 5.55. The summed E-state index contributed by atoms with van der Waals surface area (Å²) < 4.78 is 0. The molecule has 0 radical (unpaired) electrons. The van der Waals surface area contributed by atoms with Crippen LogP contribution in [0.3, 0.4) is 0 Å². The number of rotatable bonds is 7. The first kappa shape index (κ1) is 27.9. The largest absolute Gasteiger partial charge is 0.387 e. The number of nitrogens with one attached hydrogen (secondary N) is 1. The highest BCUT2D eigenvalue weighted by molar-refractivity contribution is 6.06. The van der Waals surface area contributed by atoms with Crippen molar-refractivity contribution in [2.75, 3.05) is 52.1 Å². The Morgan fingerprint density at radius 1 is 1.05 bits per heavy atom. The number of carbonyl (C=O) groups is 1. The van der Waals surface area contributed by atoms with Crippen molar-refractivity contribution in [1.29, 1.82) is 0 Å². The van der Waals surface area contributed by atoms with E-state index in [9.17, 15) is 4.79 Å². The van der Waals surface area contributed by atoms with Gasteiger partial charge in [-0.05, 0) is 77.2 Å². The predicted octanol–water partition coefficient (Wildman–Crippen LogP) is 4.05. The molecule has 0 bridgehead atoms. The molecule has 0 saturated carbocycles. The van der Waals surface area contributed by atoms with Crippen molar-refractivity contribution in [1.82, 2.24) is 14.7 Å². The average Bonchev–Trinajstić information content (AvgIpc) is 3.32. The van der Waals surface area contributed by atoms with Gasteiger partial charge in [-0.15, -0.1) is 0 Å². The van der Waals surface area contributed by atoms with Crippen LogP contribution in [0.5, 0.6) is 0 Å². The number of aliphatic imine (C=N–C) groups is 2. The zero-order chi connectivity index (χ0) is 27.2. The zero-order valence-corrected chi connectivity index (χ0v) is 23.8. The lowest BCUT2D eigenvalue weighted by atomic mass is 9.95. The lowest BCUT2D eigenvalue weighted by Crippen LogP contribution is -2.47. The first-order chi connectivity index (χ1) is 18.3. The Kier molecular flexibility index (Phi) is 9.26. The molecule has 0 unspecified atom stereocenters. The molecule has 3 heterocycles. The lowest BCUT2D eigenvalue weighted by Gasteiger charge is -2.36. The number of piperidine rings is 1. The Morgan fingerprint density at radius 2 is 1.84 bits per heavy atom. The number of likely N-dealkylation sites (tertiary alicyclic amines) is 3. The highest BCUT2D eigenvalue weighted by atomic mass is 16.2. The molecule has 8 nitrogen and oxygen atoms in total. The number of aryl methyl sites for hydroxylation is 1. The van der Waals surface area contributed by atoms with Gasteiger partial charge in [-0.1, -0.05) is 11.6 Å². The van der Waals surface area contributed by atoms with E-state index in [1.54, 1.807) is 0 Å². The third-order valence-electron chi connectivity index (χ3n) is 7.93. The zero-order valence-electron chi connectivity index (χ0n) is 23.8. The van der Waals surface area contributed by atoms with Gasteiger partial charge in [0.15, 0.2) is 0 Å². The second-order valence-corrected chi connectivity index (χ2v) is 10.8. The Bertz CT molecular complexity index is 1130. The molecule has 0 aromatic heterocycles. The van der Waals surface area contributed by atoms with E-state index in [2.05, 4.69) is 39.2 Å². The van der Waals surface area contributed by atoms with Gasteiger partial charge < -0.3 is 25.8 Å². The standard InChI is InChI=1S/C30H45N7O/c1-21-10-11-26(32-4)25(17-21)30(38)37-15-7-6-9-28(37)27(33-5)18-22(2)34-29(35-13-8-14-35)19-23(3)36-16-12-24(31)20-36/h10-11,17-19,24,28,32H,6-9,12-16,20,31H2,1-5H3/b22-18+,23-19+,33-27?,34-29-/t24-,28-/m0/s1. The SMILES string of the molecule is CN=C(/C=C(C)/N=C(/C=C(\C)N1CC[C@H](N)C1)N1CCC1)[C@@H]1CCCCN1C(=O)c1cc(C)ccc1NC. The molecule has 1 aromatic carbocycles. The van der Waals surface area contributed by atoms with Crippen LogP contribution in [0.25, 0.3) is 0 Å². The molecule has 3 fully saturated rings. The summed E-state index contributed by atoms with van der Waals surface area (Å²) >= 11 is 0. The number of amidine groups is 1. The summed E-state index contributed by atoms with van der Waals surface area (Å²) in [7, 11) is 3.69. The molecule has 3 saturated heterocycles. The minimum absolute atomic E-state index is 0.0575. The highest BCUT2D eigenvalue weighted by Gasteiger charge is 2.31. The summed E-state index contributed by atoms with van der Waals surface area (Å²) in [5, 5.41) is 3.19. The van der Waals surface area contributed by atoms with Crippen LogP contribution in [-0.4, -0.2) is 91.1 Å². The Morgan fingerprint density at radius 3 is 2.47 bits per heavy atom. The van der Waals surface area contributed by atoms with Crippen LogP contribution in [0, 0.1) is 6.92 Å². The van der Waals surface area contributed by atoms with Crippen molar-refractivity contribution < 1.29 is 4.79 Å². The van der Waals surface area contributed by atoms with E-state index in [1.165, 1.54) is 12.1 Å². The fourth-order valence-electron chi connectivity index (χ4n) is 5.55. The van der Waals surface area contributed by atoms with Gasteiger partial charge in [-0.2, -0.15) is 0 Å². The number of anilines is 1. The Balaban J connectivity index is 1.59. The molecular weight excluding hydrogens is 474 g/mol. The van der Waals surface area contributed by atoms with Crippen molar-refractivity contribution in [2.24, 2.45) is 15.7 Å². The van der Waals surface area contributed by atoms with Crippen molar-refractivity contribution in [3.05, 3.63) is 52.9 Å². The summed E-state index contributed by atoms with van der Waals surface area (Å²) in [6, 6.07) is 6.18. The maximum absolute atomic E-state index is 13.8. The van der Waals surface area contributed by atoms with Gasteiger partial charge in [0.2, 0.25) is 0 Å². The van der Waals surface area contributed by atoms with Gasteiger partial charge in [0.25, 0.3) is 5.91 Å². The van der Waals surface area contributed by atoms with Gasteiger partial charge in [-0.25, -0.2) is 4.99 Å². The van der Waals surface area contributed by atoms with Gasteiger partial charge in [-0.3, -0.25) is 9.79 Å². The molecule has 1 aromatic rings. The molecule has 3 aliphatic heterocycles. The first-order valence-electron chi connectivity index (χ1n) is 14.1. The summed E-state index contributed by atoms with van der Waals surface area (Å²) in [4.78, 5) is 30.2. The van der Waals surface area contributed by atoms with Crippen LogP contribution in [0.2, 0.25) is 0 Å². The van der Waals surface area contributed by atoms with Crippen molar-refractivity contribution in [3.63, 3.8) is 0 Å². The highest BCUT2D eigenvalue weighted by Crippen LogP contribution is 2.26. The van der Waals surface area contributed by atoms with E-state index in [4.69, 9.17) is 10.7 Å². The Hall–Kier alpha value is -3.13. The molecule has 0 spiro atoms. The Labute approximate surface area is 228 Å². The molecule has 38 heavy (non-hydrogen) atoms. The summed E-state index contributed by atoms with van der Waals surface area (Å²) in [6.45, 7) is 10.9. The maximum Gasteiger partial charge on any atom is 0.256 e. The molecule has 0 aliphatic carbocycles. The van der Waals surface area contributed by atoms with E-state index < -0.39 is 0 Å². The quantitative estimate of drug-likeness (QED) is 0.419. The normalized spacial score (nSPS) is 23.6. The third kappa shape index (κ3) is 6.46. The topological polar surface area (TPSA) is 89.6 Å². The van der Waals surface area contributed by atoms with Crippen molar-refractivity contribution >= 4 is 23.1 Å². The monoisotopic (exact) mass is 519 g/mol. The van der Waals surface area contributed by atoms with Crippen LogP contribution in [0.1, 0.15) is 61.9 Å². The van der Waals surface area contributed by atoms with E-state index in [0.29, 0.717) is 0 Å². The van der Waals surface area contributed by atoms with Crippen LogP contribution in [-0.2, 0) is 0 Å². The summed E-state index contributed by atoms with van der Waals surface area (Å²) in [5.74, 6) is 1.05. The number of nitrogens with zero attached hydrogens (tertiary/aromatic N) is 5. The number of benzene rings is 1. The minimum atomic E-state index is -0.0626. The number of carbonyl (C=O) groups excluding carboxylic acids is 1. The van der Waals surface area contributed by atoms with Gasteiger partial charge in [0.1, 0.15) is 5.84 Å². The van der Waals surface area contributed by atoms with E-state index in [0.717, 1.165) is 92.5 Å².